The molecule has 1 heterocycles. The smallest absolute Gasteiger partial charge is 0.127 e. The molecule has 96 valence electrons. The van der Waals surface area contributed by atoms with Gasteiger partial charge in [0.1, 0.15) is 5.82 Å². The summed E-state index contributed by atoms with van der Waals surface area (Å²) in [5.41, 5.74) is 1.97. The number of aryl methyl sites for hydroxylation is 1. The molecule has 0 aliphatic heterocycles. The van der Waals surface area contributed by atoms with E-state index in [1.54, 1.807) is 17.4 Å². The first-order valence-corrected chi connectivity index (χ1v) is 7.46. The Balaban J connectivity index is 2.03. The highest BCUT2D eigenvalue weighted by Gasteiger charge is 2.10. The van der Waals surface area contributed by atoms with E-state index in [4.69, 9.17) is 0 Å². The van der Waals surface area contributed by atoms with Crippen LogP contribution in [-0.2, 0) is 6.54 Å². The highest BCUT2D eigenvalue weighted by molar-refractivity contribution is 9.10. The van der Waals surface area contributed by atoms with Crippen LogP contribution in [0.3, 0.4) is 0 Å². The van der Waals surface area contributed by atoms with Crippen LogP contribution in [0.15, 0.2) is 34.1 Å². The molecule has 1 N–H and O–H groups in total. The highest BCUT2D eigenvalue weighted by atomic mass is 79.9. The molecule has 0 bridgehead atoms. The second-order valence-corrected chi connectivity index (χ2v) is 6.17. The molecule has 4 heteroatoms. The first-order valence-electron chi connectivity index (χ1n) is 5.79. The SMILES string of the molecule is Cc1ccsc1C(C)NCc1cc(Br)ccc1F. The molecule has 0 radical (unpaired) electrons. The molecule has 1 atom stereocenters. The van der Waals surface area contributed by atoms with Gasteiger partial charge in [-0.2, -0.15) is 0 Å². The van der Waals surface area contributed by atoms with Gasteiger partial charge in [0.25, 0.3) is 0 Å². The molecule has 2 aromatic rings. The third-order valence-corrected chi connectivity index (χ3v) is 4.60. The Kier molecular flexibility index (Phi) is 4.54. The van der Waals surface area contributed by atoms with Gasteiger partial charge in [-0.25, -0.2) is 4.39 Å². The molecule has 0 aliphatic rings. The van der Waals surface area contributed by atoms with Gasteiger partial charge < -0.3 is 5.32 Å². The minimum Gasteiger partial charge on any atom is -0.305 e. The van der Waals surface area contributed by atoms with Gasteiger partial charge in [-0.05, 0) is 49.1 Å². The Bertz CT molecular complexity index is 538. The lowest BCUT2D eigenvalue weighted by atomic mass is 10.1. The number of benzene rings is 1. The van der Waals surface area contributed by atoms with Gasteiger partial charge in [0, 0.05) is 27.5 Å². The van der Waals surface area contributed by atoms with E-state index in [9.17, 15) is 4.39 Å². The van der Waals surface area contributed by atoms with E-state index < -0.39 is 0 Å². The quantitative estimate of drug-likeness (QED) is 0.849. The van der Waals surface area contributed by atoms with Gasteiger partial charge in [-0.3, -0.25) is 0 Å². The summed E-state index contributed by atoms with van der Waals surface area (Å²) >= 11 is 5.10. The van der Waals surface area contributed by atoms with Gasteiger partial charge in [-0.1, -0.05) is 15.9 Å². The Hall–Kier alpha value is -0.710. The van der Waals surface area contributed by atoms with Crippen molar-refractivity contribution in [1.29, 1.82) is 0 Å². The fourth-order valence-corrected chi connectivity index (χ4v) is 3.23. The van der Waals surface area contributed by atoms with Gasteiger partial charge in [0.05, 0.1) is 0 Å². The molecule has 18 heavy (non-hydrogen) atoms. The second-order valence-electron chi connectivity index (χ2n) is 4.31. The third kappa shape index (κ3) is 3.19. The summed E-state index contributed by atoms with van der Waals surface area (Å²) in [4.78, 5) is 1.31. The van der Waals surface area contributed by atoms with Crippen LogP contribution in [0.5, 0.6) is 0 Å². The fraction of sp³-hybridized carbons (Fsp3) is 0.286. The summed E-state index contributed by atoms with van der Waals surface area (Å²) in [5.74, 6) is -0.166. The third-order valence-electron chi connectivity index (χ3n) is 2.90. The van der Waals surface area contributed by atoms with Crippen molar-refractivity contribution in [1.82, 2.24) is 5.32 Å². The lowest BCUT2D eigenvalue weighted by molar-refractivity contribution is 0.547. The lowest BCUT2D eigenvalue weighted by Crippen LogP contribution is -2.18. The number of thiophene rings is 1. The minimum atomic E-state index is -0.166. The van der Waals surface area contributed by atoms with Crippen LogP contribution in [-0.4, -0.2) is 0 Å². The predicted molar refractivity (Wildman–Crippen MR) is 78.4 cm³/mol. The molecule has 1 nitrogen and oxygen atoms in total. The zero-order valence-electron chi connectivity index (χ0n) is 10.3. The average Bonchev–Trinajstić information content (AvgIpc) is 2.76. The summed E-state index contributed by atoms with van der Waals surface area (Å²) in [5, 5.41) is 5.45. The molecule has 1 aromatic carbocycles. The zero-order chi connectivity index (χ0) is 13.1. The Labute approximate surface area is 119 Å². The van der Waals surface area contributed by atoms with Gasteiger partial charge in [0.2, 0.25) is 0 Å². The van der Waals surface area contributed by atoms with E-state index in [0.29, 0.717) is 12.1 Å². The van der Waals surface area contributed by atoms with E-state index in [-0.39, 0.29) is 11.9 Å². The van der Waals surface area contributed by atoms with Crippen molar-refractivity contribution in [2.75, 3.05) is 0 Å². The first kappa shape index (κ1) is 13.7. The highest BCUT2D eigenvalue weighted by Crippen LogP contribution is 2.24. The van der Waals surface area contributed by atoms with Gasteiger partial charge in [0.15, 0.2) is 0 Å². The summed E-state index contributed by atoms with van der Waals surface area (Å²) < 4.78 is 14.5. The maximum Gasteiger partial charge on any atom is 0.127 e. The molecule has 2 rings (SSSR count). The molecule has 0 spiro atoms. The van der Waals surface area contributed by atoms with Crippen LogP contribution in [0.2, 0.25) is 0 Å². The summed E-state index contributed by atoms with van der Waals surface area (Å²) in [6.07, 6.45) is 0. The second kappa shape index (κ2) is 5.95. The van der Waals surface area contributed by atoms with Crippen LogP contribution in [0.4, 0.5) is 4.39 Å². The van der Waals surface area contributed by atoms with Crippen molar-refractivity contribution in [3.8, 4) is 0 Å². The zero-order valence-corrected chi connectivity index (χ0v) is 12.7. The van der Waals surface area contributed by atoms with Crippen molar-refractivity contribution >= 4 is 27.3 Å². The number of hydrogen-bond acceptors (Lipinski definition) is 2. The van der Waals surface area contributed by atoms with Crippen molar-refractivity contribution in [3.05, 3.63) is 55.9 Å². The van der Waals surface area contributed by atoms with Crippen LogP contribution in [0.1, 0.15) is 29.0 Å². The maximum absolute atomic E-state index is 13.6. The molecular formula is C14H15BrFNS. The normalized spacial score (nSPS) is 12.7. The lowest BCUT2D eigenvalue weighted by Gasteiger charge is -2.14. The molecule has 0 aliphatic carbocycles. The largest absolute Gasteiger partial charge is 0.305 e. The first-order chi connectivity index (χ1) is 8.58. The molecule has 1 aromatic heterocycles. The Morgan fingerprint density at radius 3 is 2.83 bits per heavy atom. The summed E-state index contributed by atoms with van der Waals surface area (Å²) in [7, 11) is 0. The van der Waals surface area contributed by atoms with Crippen LogP contribution in [0, 0.1) is 12.7 Å². The molecule has 1 unspecified atom stereocenters. The molecule has 0 saturated heterocycles. The average molecular weight is 328 g/mol. The standard InChI is InChI=1S/C14H15BrFNS/c1-9-5-6-18-14(9)10(2)17-8-11-7-12(15)3-4-13(11)16/h3-7,10,17H,8H2,1-2H3. The number of hydrogen-bond donors (Lipinski definition) is 1. The van der Waals surface area contributed by atoms with E-state index in [2.05, 4.69) is 46.5 Å². The van der Waals surface area contributed by atoms with Crippen LogP contribution < -0.4 is 5.32 Å². The predicted octanol–water partition coefficient (Wildman–Crippen LogP) is 4.81. The molecule has 0 saturated carbocycles. The maximum atomic E-state index is 13.6. The van der Waals surface area contributed by atoms with Gasteiger partial charge in [-0.15, -0.1) is 11.3 Å². The number of nitrogens with one attached hydrogen (secondary N) is 1. The van der Waals surface area contributed by atoms with E-state index in [1.807, 2.05) is 6.07 Å². The summed E-state index contributed by atoms with van der Waals surface area (Å²) in [6, 6.07) is 7.37. The van der Waals surface area contributed by atoms with Crippen LogP contribution in [0.25, 0.3) is 0 Å². The van der Waals surface area contributed by atoms with Crippen molar-refractivity contribution in [2.45, 2.75) is 26.4 Å². The van der Waals surface area contributed by atoms with Crippen LogP contribution >= 0.6 is 27.3 Å². The topological polar surface area (TPSA) is 12.0 Å². The van der Waals surface area contributed by atoms with Crippen molar-refractivity contribution in [3.63, 3.8) is 0 Å². The van der Waals surface area contributed by atoms with E-state index >= 15 is 0 Å². The summed E-state index contributed by atoms with van der Waals surface area (Å²) in [6.45, 7) is 4.74. The van der Waals surface area contributed by atoms with Crippen molar-refractivity contribution < 1.29 is 4.39 Å². The van der Waals surface area contributed by atoms with Crippen molar-refractivity contribution in [2.24, 2.45) is 0 Å². The van der Waals surface area contributed by atoms with Gasteiger partial charge >= 0.3 is 0 Å². The minimum absolute atomic E-state index is 0.166. The fourth-order valence-electron chi connectivity index (χ4n) is 1.86. The van der Waals surface area contributed by atoms with E-state index in [0.717, 1.165) is 4.47 Å². The Morgan fingerprint density at radius 2 is 2.17 bits per heavy atom. The molecule has 0 fully saturated rings. The molecule has 0 amide bonds. The number of halogens is 2. The monoisotopic (exact) mass is 327 g/mol. The number of rotatable bonds is 4. The van der Waals surface area contributed by atoms with E-state index in [1.165, 1.54) is 16.5 Å². The Morgan fingerprint density at radius 1 is 1.39 bits per heavy atom. The molecular weight excluding hydrogens is 313 g/mol.